The molecule has 4 heteroatoms. The highest BCUT2D eigenvalue weighted by molar-refractivity contribution is 5.82. The van der Waals surface area contributed by atoms with Gasteiger partial charge in [-0.15, -0.1) is 0 Å². The average Bonchev–Trinajstić information content (AvgIpc) is 2.44. The van der Waals surface area contributed by atoms with Crippen molar-refractivity contribution in [2.24, 2.45) is 0 Å². The minimum absolute atomic E-state index is 0.560. The molecular formula is C6H5N3O. The molecule has 10 heavy (non-hydrogen) atoms. The summed E-state index contributed by atoms with van der Waals surface area (Å²) in [5, 5.41) is 6.92. The van der Waals surface area contributed by atoms with E-state index in [1.807, 2.05) is 0 Å². The van der Waals surface area contributed by atoms with Gasteiger partial charge >= 0.3 is 0 Å². The normalized spacial score (nSPS) is 10.4. The number of nitrogens with zero attached hydrogens (tertiary/aromatic N) is 2. The van der Waals surface area contributed by atoms with Crippen molar-refractivity contribution in [2.45, 2.75) is 0 Å². The molecule has 0 aliphatic rings. The summed E-state index contributed by atoms with van der Waals surface area (Å²) in [4.78, 5) is 3.90. The van der Waals surface area contributed by atoms with Gasteiger partial charge in [-0.3, -0.25) is 4.40 Å². The molecule has 0 spiro atoms. The predicted octanol–water partition coefficient (Wildman–Crippen LogP) is 0.925. The standard InChI is InChI=1S/C6H5N3O/c7-3-5-6-9(4-8-5)1-2-10-6/h1-4,7H. The number of hydrogen-bond donors (Lipinski definition) is 1. The van der Waals surface area contributed by atoms with E-state index in [0.29, 0.717) is 11.4 Å². The van der Waals surface area contributed by atoms with Crippen LogP contribution >= 0.6 is 0 Å². The fourth-order valence-corrected chi connectivity index (χ4v) is 0.851. The van der Waals surface area contributed by atoms with E-state index in [0.717, 1.165) is 0 Å². The van der Waals surface area contributed by atoms with E-state index in [1.165, 1.54) is 6.21 Å². The van der Waals surface area contributed by atoms with Gasteiger partial charge in [-0.05, 0) is 0 Å². The number of imidazole rings is 1. The lowest BCUT2D eigenvalue weighted by atomic mass is 10.5. The first-order valence-electron chi connectivity index (χ1n) is 2.82. The SMILES string of the molecule is N=Cc1ncn2ccoc12. The van der Waals surface area contributed by atoms with Gasteiger partial charge in [-0.25, -0.2) is 4.98 Å². The summed E-state index contributed by atoms with van der Waals surface area (Å²) in [5.41, 5.74) is 1.18. The Balaban J connectivity index is 2.88. The minimum atomic E-state index is 0.560. The van der Waals surface area contributed by atoms with Gasteiger partial charge in [-0.2, -0.15) is 0 Å². The molecule has 2 rings (SSSR count). The molecule has 0 atom stereocenters. The van der Waals surface area contributed by atoms with Crippen molar-refractivity contribution in [1.82, 2.24) is 9.38 Å². The van der Waals surface area contributed by atoms with Gasteiger partial charge in [0, 0.05) is 12.4 Å². The van der Waals surface area contributed by atoms with Gasteiger partial charge in [0.15, 0.2) is 0 Å². The van der Waals surface area contributed by atoms with Crippen molar-refractivity contribution >= 4 is 11.9 Å². The molecule has 0 aliphatic heterocycles. The zero-order valence-corrected chi connectivity index (χ0v) is 5.11. The average molecular weight is 135 g/mol. The van der Waals surface area contributed by atoms with E-state index in [-0.39, 0.29) is 0 Å². The van der Waals surface area contributed by atoms with Crippen molar-refractivity contribution < 1.29 is 4.42 Å². The van der Waals surface area contributed by atoms with E-state index < -0.39 is 0 Å². The van der Waals surface area contributed by atoms with Crippen molar-refractivity contribution in [1.29, 1.82) is 5.41 Å². The lowest BCUT2D eigenvalue weighted by Crippen LogP contribution is -1.76. The van der Waals surface area contributed by atoms with Gasteiger partial charge in [0.05, 0.1) is 0 Å². The Hall–Kier alpha value is -1.58. The highest BCUT2D eigenvalue weighted by atomic mass is 16.3. The summed E-state index contributed by atoms with van der Waals surface area (Å²) >= 11 is 0. The Bertz CT molecular complexity index is 360. The fraction of sp³-hybridized carbons (Fsp3) is 0. The molecular weight excluding hydrogens is 130 g/mol. The van der Waals surface area contributed by atoms with Crippen LogP contribution in [-0.4, -0.2) is 15.6 Å². The second-order valence-electron chi connectivity index (χ2n) is 1.89. The smallest absolute Gasteiger partial charge is 0.232 e. The quantitative estimate of drug-likeness (QED) is 0.591. The van der Waals surface area contributed by atoms with E-state index in [9.17, 15) is 0 Å². The van der Waals surface area contributed by atoms with Crippen molar-refractivity contribution in [3.63, 3.8) is 0 Å². The molecule has 0 fully saturated rings. The zero-order chi connectivity index (χ0) is 6.97. The van der Waals surface area contributed by atoms with Crippen LogP contribution in [0.15, 0.2) is 23.2 Å². The Morgan fingerprint density at radius 2 is 2.60 bits per heavy atom. The molecule has 2 aromatic heterocycles. The third-order valence-electron chi connectivity index (χ3n) is 1.31. The zero-order valence-electron chi connectivity index (χ0n) is 5.11. The molecule has 1 N–H and O–H groups in total. The van der Waals surface area contributed by atoms with Crippen LogP contribution in [0.5, 0.6) is 0 Å². The van der Waals surface area contributed by atoms with E-state index in [1.54, 1.807) is 23.2 Å². The second kappa shape index (κ2) is 1.70. The van der Waals surface area contributed by atoms with E-state index in [4.69, 9.17) is 9.83 Å². The summed E-state index contributed by atoms with van der Waals surface area (Å²) in [7, 11) is 0. The highest BCUT2D eigenvalue weighted by Crippen LogP contribution is 2.06. The van der Waals surface area contributed by atoms with Crippen LogP contribution < -0.4 is 0 Å². The molecule has 0 amide bonds. The topological polar surface area (TPSA) is 54.3 Å². The van der Waals surface area contributed by atoms with Crippen LogP contribution in [0.25, 0.3) is 5.71 Å². The van der Waals surface area contributed by atoms with Crippen LogP contribution in [0.1, 0.15) is 5.69 Å². The third-order valence-corrected chi connectivity index (χ3v) is 1.31. The van der Waals surface area contributed by atoms with Crippen molar-refractivity contribution in [3.05, 3.63) is 24.5 Å². The largest absolute Gasteiger partial charge is 0.444 e. The summed E-state index contributed by atoms with van der Waals surface area (Å²) in [6.45, 7) is 0. The van der Waals surface area contributed by atoms with Crippen LogP contribution in [-0.2, 0) is 0 Å². The lowest BCUT2D eigenvalue weighted by Gasteiger charge is -1.77. The Morgan fingerprint density at radius 1 is 1.70 bits per heavy atom. The van der Waals surface area contributed by atoms with Gasteiger partial charge in [-0.1, -0.05) is 0 Å². The Morgan fingerprint density at radius 3 is 3.40 bits per heavy atom. The first-order valence-corrected chi connectivity index (χ1v) is 2.82. The molecule has 4 nitrogen and oxygen atoms in total. The summed E-state index contributed by atoms with van der Waals surface area (Å²) in [5.74, 6) is 0. The van der Waals surface area contributed by atoms with E-state index in [2.05, 4.69) is 4.98 Å². The van der Waals surface area contributed by atoms with E-state index >= 15 is 0 Å². The van der Waals surface area contributed by atoms with Crippen LogP contribution in [0.4, 0.5) is 0 Å². The molecule has 0 radical (unpaired) electrons. The number of aromatic nitrogens is 2. The highest BCUT2D eigenvalue weighted by Gasteiger charge is 2.01. The third kappa shape index (κ3) is 0.500. The van der Waals surface area contributed by atoms with Gasteiger partial charge < -0.3 is 9.83 Å². The summed E-state index contributed by atoms with van der Waals surface area (Å²) in [6, 6.07) is 0. The molecule has 0 bridgehead atoms. The van der Waals surface area contributed by atoms with Crippen molar-refractivity contribution in [2.75, 3.05) is 0 Å². The van der Waals surface area contributed by atoms with Gasteiger partial charge in [0.1, 0.15) is 18.3 Å². The Kier molecular flexibility index (Phi) is 0.887. The maximum Gasteiger partial charge on any atom is 0.232 e. The summed E-state index contributed by atoms with van der Waals surface area (Å²) < 4.78 is 6.75. The van der Waals surface area contributed by atoms with Crippen LogP contribution in [0, 0.1) is 5.41 Å². The maximum atomic E-state index is 6.92. The second-order valence-corrected chi connectivity index (χ2v) is 1.89. The number of oxazole rings is 1. The lowest BCUT2D eigenvalue weighted by molar-refractivity contribution is 0.607. The minimum Gasteiger partial charge on any atom is -0.444 e. The molecule has 0 unspecified atom stereocenters. The maximum absolute atomic E-state index is 6.92. The van der Waals surface area contributed by atoms with Crippen LogP contribution in [0.2, 0.25) is 0 Å². The first kappa shape index (κ1) is 5.22. The fourth-order valence-electron chi connectivity index (χ4n) is 0.851. The number of rotatable bonds is 1. The molecule has 0 saturated carbocycles. The summed E-state index contributed by atoms with van der Waals surface area (Å²) in [6.07, 6.45) is 6.08. The van der Waals surface area contributed by atoms with Crippen molar-refractivity contribution in [3.8, 4) is 0 Å². The molecule has 0 saturated heterocycles. The first-order chi connectivity index (χ1) is 4.92. The monoisotopic (exact) mass is 135 g/mol. The number of fused-ring (bicyclic) bond motifs is 1. The van der Waals surface area contributed by atoms with Gasteiger partial charge in [0.25, 0.3) is 0 Å². The number of nitrogens with one attached hydrogen (secondary N) is 1. The molecule has 0 aromatic carbocycles. The molecule has 0 aliphatic carbocycles. The Labute approximate surface area is 56.6 Å². The number of hydrogen-bond acceptors (Lipinski definition) is 3. The molecule has 2 heterocycles. The molecule has 50 valence electrons. The molecule has 2 aromatic rings. The predicted molar refractivity (Wildman–Crippen MR) is 35.3 cm³/mol. The van der Waals surface area contributed by atoms with Crippen LogP contribution in [0.3, 0.4) is 0 Å². The van der Waals surface area contributed by atoms with Gasteiger partial charge in [0.2, 0.25) is 5.71 Å².